The molecule has 2 heteroatoms. The van der Waals surface area contributed by atoms with Gasteiger partial charge in [-0.15, -0.1) is 0 Å². The van der Waals surface area contributed by atoms with Crippen molar-refractivity contribution in [1.29, 1.82) is 0 Å². The minimum absolute atomic E-state index is 0.284. The highest BCUT2D eigenvalue weighted by atomic mass is 32.2. The Morgan fingerprint density at radius 3 is 1.60 bits per heavy atom. The lowest BCUT2D eigenvalue weighted by atomic mass is 10.5. The van der Waals surface area contributed by atoms with E-state index in [0.717, 1.165) is 11.3 Å². The van der Waals surface area contributed by atoms with E-state index in [2.05, 4.69) is 34.0 Å². The first-order valence-electron chi connectivity index (χ1n) is 3.84. The summed E-state index contributed by atoms with van der Waals surface area (Å²) in [7, 11) is 0.284. The lowest BCUT2D eigenvalue weighted by Gasteiger charge is -2.24. The predicted octanol–water partition coefficient (Wildman–Crippen LogP) is 3.61. The van der Waals surface area contributed by atoms with Crippen LogP contribution in [0.25, 0.3) is 0 Å². The summed E-state index contributed by atoms with van der Waals surface area (Å²) in [5, 5.41) is 0. The van der Waals surface area contributed by atoms with Gasteiger partial charge in [-0.3, -0.25) is 0 Å². The molecule has 0 rings (SSSR count). The second kappa shape index (κ2) is 5.43. The fourth-order valence-electron chi connectivity index (χ4n) is 1.04. The molecule has 62 valence electrons. The molecule has 0 aliphatic carbocycles. The Balaban J connectivity index is 3.73. The van der Waals surface area contributed by atoms with Crippen molar-refractivity contribution in [3.05, 3.63) is 0 Å². The van der Waals surface area contributed by atoms with Gasteiger partial charge in [-0.1, -0.05) is 35.6 Å². The van der Waals surface area contributed by atoms with Crippen molar-refractivity contribution >= 4 is 19.7 Å². The van der Waals surface area contributed by atoms with Crippen LogP contribution in [-0.2, 0) is 0 Å². The largest absolute Gasteiger partial charge is 0.161 e. The Labute approximate surface area is 70.9 Å². The Bertz CT molecular complexity index is 73.3. The molecule has 0 bridgehead atoms. The summed E-state index contributed by atoms with van der Waals surface area (Å²) in [5.41, 5.74) is 3.19. The lowest BCUT2D eigenvalue weighted by Crippen LogP contribution is -2.04. The molecule has 0 saturated carbocycles. The Hall–Kier alpha value is 0.780. The molecule has 0 aliphatic rings. The van der Waals surface area contributed by atoms with Gasteiger partial charge in [-0.2, -0.15) is 11.8 Å². The van der Waals surface area contributed by atoms with Gasteiger partial charge in [0.05, 0.1) is 0 Å². The van der Waals surface area contributed by atoms with Gasteiger partial charge in [0.1, 0.15) is 0 Å². The van der Waals surface area contributed by atoms with Crippen LogP contribution in [0.5, 0.6) is 0 Å². The minimum Gasteiger partial charge on any atom is -0.161 e. The topological polar surface area (TPSA) is 0 Å². The molecular formula is C8H19PS. The van der Waals surface area contributed by atoms with Crippen LogP contribution in [0, 0.1) is 0 Å². The second-order valence-electron chi connectivity index (χ2n) is 3.12. The maximum atomic E-state index is 2.35. The molecule has 0 nitrogen and oxygen atoms in total. The lowest BCUT2D eigenvalue weighted by molar-refractivity contribution is 1.01. The van der Waals surface area contributed by atoms with Gasteiger partial charge in [-0.25, -0.2) is 0 Å². The monoisotopic (exact) mass is 178 g/mol. The third kappa shape index (κ3) is 3.83. The van der Waals surface area contributed by atoms with Crippen molar-refractivity contribution in [3.8, 4) is 0 Å². The molecule has 0 saturated heterocycles. The molecule has 0 aromatic carbocycles. The van der Waals surface area contributed by atoms with E-state index in [1.807, 2.05) is 11.8 Å². The van der Waals surface area contributed by atoms with E-state index in [1.165, 1.54) is 5.49 Å². The van der Waals surface area contributed by atoms with E-state index in [9.17, 15) is 0 Å². The second-order valence-corrected chi connectivity index (χ2v) is 7.82. The highest BCUT2D eigenvalue weighted by Gasteiger charge is 2.14. The van der Waals surface area contributed by atoms with Gasteiger partial charge >= 0.3 is 0 Å². The summed E-state index contributed by atoms with van der Waals surface area (Å²) in [5.74, 6) is 0. The highest BCUT2D eigenvalue weighted by molar-refractivity contribution is 8.04. The van der Waals surface area contributed by atoms with Crippen LogP contribution < -0.4 is 0 Å². The summed E-state index contributed by atoms with van der Waals surface area (Å²) in [6.07, 6.45) is 2.21. The van der Waals surface area contributed by atoms with Gasteiger partial charge in [-0.05, 0) is 17.6 Å². The maximum Gasteiger partial charge on any atom is 0.0138 e. The molecule has 0 atom stereocenters. The molecular weight excluding hydrogens is 159 g/mol. The van der Waals surface area contributed by atoms with E-state index < -0.39 is 0 Å². The van der Waals surface area contributed by atoms with Gasteiger partial charge in [0.2, 0.25) is 0 Å². The molecule has 0 unspecified atom stereocenters. The van der Waals surface area contributed by atoms with Crippen molar-refractivity contribution in [2.45, 2.75) is 39.0 Å². The Kier molecular flexibility index (Phi) is 5.86. The Morgan fingerprint density at radius 1 is 1.10 bits per heavy atom. The zero-order valence-corrected chi connectivity index (χ0v) is 9.43. The van der Waals surface area contributed by atoms with E-state index in [0.29, 0.717) is 0 Å². The molecule has 0 heterocycles. The average molecular weight is 178 g/mol. The van der Waals surface area contributed by atoms with Crippen LogP contribution in [0.2, 0.25) is 0 Å². The average Bonchev–Trinajstić information content (AvgIpc) is 1.81. The van der Waals surface area contributed by atoms with Gasteiger partial charge < -0.3 is 0 Å². The number of hydrogen-bond acceptors (Lipinski definition) is 1. The maximum absolute atomic E-state index is 2.35. The van der Waals surface area contributed by atoms with Crippen molar-refractivity contribution in [2.75, 3.05) is 11.7 Å². The van der Waals surface area contributed by atoms with Crippen LogP contribution in [0.15, 0.2) is 0 Å². The number of hydrogen-bond donors (Lipinski definition) is 0. The van der Waals surface area contributed by atoms with Crippen LogP contribution >= 0.6 is 19.7 Å². The third-order valence-electron chi connectivity index (χ3n) is 1.60. The van der Waals surface area contributed by atoms with Crippen molar-refractivity contribution in [3.63, 3.8) is 0 Å². The van der Waals surface area contributed by atoms with Gasteiger partial charge in [0.15, 0.2) is 0 Å². The fraction of sp³-hybridized carbons (Fsp3) is 1.00. The fourth-order valence-corrected chi connectivity index (χ4v) is 5.81. The quantitative estimate of drug-likeness (QED) is 0.593. The molecule has 0 fully saturated rings. The SMILES string of the molecule is CSCP(C(C)C)C(C)C. The molecule has 0 N–H and O–H groups in total. The number of rotatable bonds is 4. The summed E-state index contributed by atoms with van der Waals surface area (Å²) in [4.78, 5) is 0. The standard InChI is InChI=1S/C8H19PS/c1-7(2)9(6-10-5)8(3)4/h7-8H,6H2,1-5H3. The molecule has 0 radical (unpaired) electrons. The minimum atomic E-state index is 0.284. The highest BCUT2D eigenvalue weighted by Crippen LogP contribution is 2.47. The molecule has 0 aromatic rings. The van der Waals surface area contributed by atoms with Crippen LogP contribution in [-0.4, -0.2) is 23.1 Å². The zero-order chi connectivity index (χ0) is 8.15. The summed E-state index contributed by atoms with van der Waals surface area (Å²) < 4.78 is 0. The smallest absolute Gasteiger partial charge is 0.0138 e. The summed E-state index contributed by atoms with van der Waals surface area (Å²) in [6.45, 7) is 9.40. The summed E-state index contributed by atoms with van der Waals surface area (Å²) in [6, 6.07) is 0. The summed E-state index contributed by atoms with van der Waals surface area (Å²) >= 11 is 2.00. The van der Waals surface area contributed by atoms with Crippen LogP contribution in [0.4, 0.5) is 0 Å². The number of thioether (sulfide) groups is 1. The molecule has 0 spiro atoms. The van der Waals surface area contributed by atoms with Crippen molar-refractivity contribution in [1.82, 2.24) is 0 Å². The van der Waals surface area contributed by atoms with Crippen LogP contribution in [0.3, 0.4) is 0 Å². The molecule has 0 aromatic heterocycles. The Morgan fingerprint density at radius 2 is 1.50 bits per heavy atom. The first-order valence-corrected chi connectivity index (χ1v) is 6.90. The van der Waals surface area contributed by atoms with E-state index >= 15 is 0 Å². The van der Waals surface area contributed by atoms with Gasteiger partial charge in [0.25, 0.3) is 0 Å². The van der Waals surface area contributed by atoms with Crippen LogP contribution in [0.1, 0.15) is 27.7 Å². The van der Waals surface area contributed by atoms with E-state index in [-0.39, 0.29) is 7.92 Å². The van der Waals surface area contributed by atoms with Crippen molar-refractivity contribution in [2.24, 2.45) is 0 Å². The van der Waals surface area contributed by atoms with Gasteiger partial charge in [0, 0.05) is 5.49 Å². The normalized spacial score (nSPS) is 12.0. The third-order valence-corrected chi connectivity index (χ3v) is 6.48. The first kappa shape index (κ1) is 10.8. The van der Waals surface area contributed by atoms with E-state index in [4.69, 9.17) is 0 Å². The molecule has 0 aliphatic heterocycles. The molecule has 0 amide bonds. The molecule has 10 heavy (non-hydrogen) atoms. The predicted molar refractivity (Wildman–Crippen MR) is 55.6 cm³/mol. The zero-order valence-electron chi connectivity index (χ0n) is 7.72. The van der Waals surface area contributed by atoms with E-state index in [1.54, 1.807) is 0 Å². The first-order chi connectivity index (χ1) is 4.59. The van der Waals surface area contributed by atoms with Crippen molar-refractivity contribution < 1.29 is 0 Å².